The smallest absolute Gasteiger partial charge is 0.202 e. The van der Waals surface area contributed by atoms with E-state index in [1.807, 2.05) is 24.3 Å². The molecule has 3 atom stereocenters. The maximum atomic E-state index is 12.2. The lowest BCUT2D eigenvalue weighted by Gasteiger charge is -2.20. The van der Waals surface area contributed by atoms with Gasteiger partial charge in [-0.2, -0.15) is 0 Å². The highest BCUT2D eigenvalue weighted by atomic mass is 16.3. The van der Waals surface area contributed by atoms with Gasteiger partial charge in [-0.25, -0.2) is 4.98 Å². The SMILES string of the molecule is O=C(Cc1nc2ccccc2o1)CC1C[C@H]2CC[C@@H]1C2. The van der Waals surface area contributed by atoms with Gasteiger partial charge in [-0.1, -0.05) is 18.6 Å². The Kier molecular flexibility index (Phi) is 2.86. The summed E-state index contributed by atoms with van der Waals surface area (Å²) in [5.74, 6) is 3.20. The molecule has 2 bridgehead atoms. The number of hydrogen-bond donors (Lipinski definition) is 0. The second-order valence-electron chi connectivity index (χ2n) is 6.43. The van der Waals surface area contributed by atoms with Crippen LogP contribution in [0.4, 0.5) is 0 Å². The zero-order valence-corrected chi connectivity index (χ0v) is 11.5. The highest BCUT2D eigenvalue weighted by Crippen LogP contribution is 2.49. The Morgan fingerprint density at radius 2 is 2.15 bits per heavy atom. The molecule has 2 saturated carbocycles. The standard InChI is InChI=1S/C17H19NO2/c19-14(9-13-8-11-5-6-12(13)7-11)10-17-18-15-3-1-2-4-16(15)20-17/h1-4,11-13H,5-10H2/t11-,12+,13?/m0/s1. The number of para-hydroxylation sites is 2. The van der Waals surface area contributed by atoms with Crippen molar-refractivity contribution in [3.63, 3.8) is 0 Å². The number of nitrogens with zero attached hydrogens (tertiary/aromatic N) is 1. The molecule has 0 amide bonds. The Labute approximate surface area is 118 Å². The average Bonchev–Trinajstić information content (AvgIpc) is 3.11. The van der Waals surface area contributed by atoms with Gasteiger partial charge in [0.2, 0.25) is 5.89 Å². The number of carbonyl (C=O) groups is 1. The molecule has 2 aromatic rings. The number of hydrogen-bond acceptors (Lipinski definition) is 3. The Hall–Kier alpha value is -1.64. The first-order valence-electron chi connectivity index (χ1n) is 7.64. The molecule has 20 heavy (non-hydrogen) atoms. The minimum Gasteiger partial charge on any atom is -0.440 e. The maximum absolute atomic E-state index is 12.2. The van der Waals surface area contributed by atoms with Crippen LogP contribution in [0, 0.1) is 17.8 Å². The number of Topliss-reactive ketones (excluding diaryl/α,β-unsaturated/α-hetero) is 1. The van der Waals surface area contributed by atoms with E-state index in [1.165, 1.54) is 25.7 Å². The Balaban J connectivity index is 1.42. The molecule has 104 valence electrons. The molecular formula is C17H19NO2. The second kappa shape index (κ2) is 4.72. The van der Waals surface area contributed by atoms with Crippen LogP contribution in [0.5, 0.6) is 0 Å². The first-order chi connectivity index (χ1) is 9.78. The van der Waals surface area contributed by atoms with E-state index in [0.717, 1.165) is 29.4 Å². The zero-order valence-electron chi connectivity index (χ0n) is 11.5. The van der Waals surface area contributed by atoms with Crippen LogP contribution < -0.4 is 0 Å². The normalized spacial score (nSPS) is 28.3. The minimum atomic E-state index is 0.286. The predicted molar refractivity (Wildman–Crippen MR) is 76.3 cm³/mol. The van der Waals surface area contributed by atoms with Gasteiger partial charge in [0.25, 0.3) is 0 Å². The van der Waals surface area contributed by atoms with Gasteiger partial charge in [0.15, 0.2) is 5.58 Å². The van der Waals surface area contributed by atoms with Crippen LogP contribution in [0.15, 0.2) is 28.7 Å². The van der Waals surface area contributed by atoms with Gasteiger partial charge in [-0.3, -0.25) is 4.79 Å². The van der Waals surface area contributed by atoms with E-state index in [-0.39, 0.29) is 5.78 Å². The van der Waals surface area contributed by atoms with E-state index < -0.39 is 0 Å². The number of rotatable bonds is 4. The number of fused-ring (bicyclic) bond motifs is 3. The number of oxazole rings is 1. The molecule has 1 aromatic heterocycles. The van der Waals surface area contributed by atoms with Crippen molar-refractivity contribution < 1.29 is 9.21 Å². The maximum Gasteiger partial charge on any atom is 0.202 e. The predicted octanol–water partition coefficient (Wildman–Crippen LogP) is 3.77. The zero-order chi connectivity index (χ0) is 13.5. The van der Waals surface area contributed by atoms with Crippen molar-refractivity contribution in [2.75, 3.05) is 0 Å². The lowest BCUT2D eigenvalue weighted by molar-refractivity contribution is -0.120. The van der Waals surface area contributed by atoms with Gasteiger partial charge < -0.3 is 4.42 Å². The van der Waals surface area contributed by atoms with Crippen LogP contribution in [0.1, 0.15) is 38.0 Å². The first kappa shape index (κ1) is 12.1. The van der Waals surface area contributed by atoms with Gasteiger partial charge in [0.1, 0.15) is 11.3 Å². The molecule has 0 spiro atoms. The summed E-state index contributed by atoms with van der Waals surface area (Å²) >= 11 is 0. The second-order valence-corrected chi connectivity index (χ2v) is 6.43. The quantitative estimate of drug-likeness (QED) is 0.848. The van der Waals surface area contributed by atoms with Crippen molar-refractivity contribution in [1.82, 2.24) is 4.98 Å². The molecule has 2 aliphatic carbocycles. The molecule has 2 fully saturated rings. The van der Waals surface area contributed by atoms with Crippen LogP contribution in [-0.2, 0) is 11.2 Å². The number of ketones is 1. The number of aromatic nitrogens is 1. The highest BCUT2D eigenvalue weighted by molar-refractivity contribution is 5.81. The molecule has 1 heterocycles. The molecule has 2 aliphatic rings. The summed E-state index contributed by atoms with van der Waals surface area (Å²) in [5, 5.41) is 0. The van der Waals surface area contributed by atoms with Crippen molar-refractivity contribution >= 4 is 16.9 Å². The van der Waals surface area contributed by atoms with Gasteiger partial charge in [0, 0.05) is 6.42 Å². The van der Waals surface area contributed by atoms with Crippen molar-refractivity contribution in [2.45, 2.75) is 38.5 Å². The van der Waals surface area contributed by atoms with Crippen LogP contribution >= 0.6 is 0 Å². The van der Waals surface area contributed by atoms with Gasteiger partial charge >= 0.3 is 0 Å². The topological polar surface area (TPSA) is 43.1 Å². The van der Waals surface area contributed by atoms with E-state index in [1.54, 1.807) is 0 Å². The van der Waals surface area contributed by atoms with Crippen LogP contribution in [0.2, 0.25) is 0 Å². The van der Waals surface area contributed by atoms with Crippen molar-refractivity contribution in [3.8, 4) is 0 Å². The third-order valence-electron chi connectivity index (χ3n) is 5.06. The lowest BCUT2D eigenvalue weighted by atomic mass is 9.85. The van der Waals surface area contributed by atoms with Crippen LogP contribution in [-0.4, -0.2) is 10.8 Å². The molecule has 3 heteroatoms. The third-order valence-corrected chi connectivity index (χ3v) is 5.06. The van der Waals surface area contributed by atoms with Crippen molar-refractivity contribution in [1.29, 1.82) is 0 Å². The molecule has 4 rings (SSSR count). The highest BCUT2D eigenvalue weighted by Gasteiger charge is 2.40. The summed E-state index contributed by atoms with van der Waals surface area (Å²) in [4.78, 5) is 16.6. The summed E-state index contributed by atoms with van der Waals surface area (Å²) in [6, 6.07) is 7.68. The molecule has 0 N–H and O–H groups in total. The van der Waals surface area contributed by atoms with Gasteiger partial charge in [0.05, 0.1) is 6.42 Å². The number of carbonyl (C=O) groups excluding carboxylic acids is 1. The fourth-order valence-electron chi connectivity index (χ4n) is 4.16. The monoisotopic (exact) mass is 269 g/mol. The fraction of sp³-hybridized carbons (Fsp3) is 0.529. The Bertz CT molecular complexity index is 612. The van der Waals surface area contributed by atoms with E-state index in [0.29, 0.717) is 18.2 Å². The van der Waals surface area contributed by atoms with E-state index in [9.17, 15) is 4.79 Å². The fourth-order valence-corrected chi connectivity index (χ4v) is 4.16. The van der Waals surface area contributed by atoms with Gasteiger partial charge in [-0.05, 0) is 49.1 Å². The van der Waals surface area contributed by atoms with E-state index in [4.69, 9.17) is 4.42 Å². The molecule has 3 nitrogen and oxygen atoms in total. The largest absolute Gasteiger partial charge is 0.440 e. The molecular weight excluding hydrogens is 250 g/mol. The summed E-state index contributed by atoms with van der Waals surface area (Å²) < 4.78 is 5.63. The van der Waals surface area contributed by atoms with Crippen LogP contribution in [0.3, 0.4) is 0 Å². The Morgan fingerprint density at radius 1 is 1.25 bits per heavy atom. The van der Waals surface area contributed by atoms with E-state index >= 15 is 0 Å². The molecule has 1 aromatic carbocycles. The average molecular weight is 269 g/mol. The number of benzene rings is 1. The molecule has 0 radical (unpaired) electrons. The summed E-state index contributed by atoms with van der Waals surface area (Å²) in [7, 11) is 0. The minimum absolute atomic E-state index is 0.286. The van der Waals surface area contributed by atoms with Gasteiger partial charge in [-0.15, -0.1) is 0 Å². The molecule has 1 unspecified atom stereocenters. The summed E-state index contributed by atoms with van der Waals surface area (Å²) in [6.45, 7) is 0. The van der Waals surface area contributed by atoms with Crippen molar-refractivity contribution in [2.24, 2.45) is 17.8 Å². The lowest BCUT2D eigenvalue weighted by Crippen LogP contribution is -2.16. The summed E-state index contributed by atoms with van der Waals surface area (Å²) in [5.41, 5.74) is 1.62. The first-order valence-corrected chi connectivity index (χ1v) is 7.64. The van der Waals surface area contributed by atoms with E-state index in [2.05, 4.69) is 4.98 Å². The third kappa shape index (κ3) is 2.15. The van der Waals surface area contributed by atoms with Crippen LogP contribution in [0.25, 0.3) is 11.1 Å². The molecule has 0 saturated heterocycles. The summed E-state index contributed by atoms with van der Waals surface area (Å²) in [6.07, 6.45) is 6.43. The molecule has 0 aliphatic heterocycles. The van der Waals surface area contributed by atoms with Crippen molar-refractivity contribution in [3.05, 3.63) is 30.2 Å². The Morgan fingerprint density at radius 3 is 2.90 bits per heavy atom.